The number of nitrogens with one attached hydrogen (secondary N) is 1. The monoisotopic (exact) mass is 307 g/mol. The maximum Gasteiger partial charge on any atom is 0.408 e. The van der Waals surface area contributed by atoms with Crippen LogP contribution in [0.3, 0.4) is 0 Å². The summed E-state index contributed by atoms with van der Waals surface area (Å²) in [6.45, 7) is 8.98. The zero-order valence-electron chi connectivity index (χ0n) is 13.8. The van der Waals surface area contributed by atoms with Crippen LogP contribution in [-0.4, -0.2) is 22.8 Å². The van der Waals surface area contributed by atoms with Gasteiger partial charge in [0.1, 0.15) is 5.60 Å². The topological polar surface area (TPSA) is 75.6 Å². The van der Waals surface area contributed by atoms with Crippen molar-refractivity contribution < 1.29 is 19.4 Å². The molecule has 5 nitrogen and oxygen atoms in total. The molecule has 0 aliphatic heterocycles. The highest BCUT2D eigenvalue weighted by Gasteiger charge is 2.35. The molecule has 1 rings (SSSR count). The number of carbonyl (C=O) groups excluding carboxylic acids is 1. The second-order valence-corrected chi connectivity index (χ2v) is 7.05. The Morgan fingerprint density at radius 3 is 2.14 bits per heavy atom. The van der Waals surface area contributed by atoms with Gasteiger partial charge in [-0.2, -0.15) is 0 Å². The van der Waals surface area contributed by atoms with E-state index in [0.717, 1.165) is 5.56 Å². The van der Waals surface area contributed by atoms with Gasteiger partial charge in [-0.1, -0.05) is 44.2 Å². The van der Waals surface area contributed by atoms with E-state index in [0.29, 0.717) is 0 Å². The van der Waals surface area contributed by atoms with Gasteiger partial charge in [0.05, 0.1) is 12.5 Å². The number of benzene rings is 1. The molecule has 0 aliphatic carbocycles. The van der Waals surface area contributed by atoms with E-state index in [1.165, 1.54) is 0 Å². The summed E-state index contributed by atoms with van der Waals surface area (Å²) in [6.07, 6.45) is -0.623. The summed E-state index contributed by atoms with van der Waals surface area (Å²) in [6, 6.07) is 8.86. The number of carboxylic acid groups (broad SMARTS) is 1. The number of rotatable bonds is 5. The van der Waals surface area contributed by atoms with Crippen molar-refractivity contribution in [1.82, 2.24) is 5.32 Å². The van der Waals surface area contributed by atoms with E-state index in [9.17, 15) is 9.59 Å². The summed E-state index contributed by atoms with van der Waals surface area (Å²) >= 11 is 0. The standard InChI is InChI=1S/C17H25NO4/c1-16(2,3)22-15(21)18-14(12-9-7-6-8-10-12)17(4,5)11-13(19)20/h6-10,14H,11H2,1-5H3,(H,18,21)(H,19,20). The van der Waals surface area contributed by atoms with Crippen molar-refractivity contribution in [1.29, 1.82) is 0 Å². The Balaban J connectivity index is 3.03. The first-order valence-electron chi connectivity index (χ1n) is 7.27. The molecule has 1 unspecified atom stereocenters. The van der Waals surface area contributed by atoms with Crippen LogP contribution in [-0.2, 0) is 9.53 Å². The maximum atomic E-state index is 12.1. The first-order valence-corrected chi connectivity index (χ1v) is 7.27. The van der Waals surface area contributed by atoms with Gasteiger partial charge in [-0.25, -0.2) is 4.79 Å². The molecule has 1 aromatic rings. The van der Waals surface area contributed by atoms with E-state index in [1.54, 1.807) is 20.8 Å². The van der Waals surface area contributed by atoms with Gasteiger partial charge in [0.25, 0.3) is 0 Å². The fourth-order valence-corrected chi connectivity index (χ4v) is 2.29. The number of amides is 1. The van der Waals surface area contributed by atoms with Crippen LogP contribution in [0.2, 0.25) is 0 Å². The van der Waals surface area contributed by atoms with Crippen molar-refractivity contribution in [3.63, 3.8) is 0 Å². The predicted octanol–water partition coefficient (Wildman–Crippen LogP) is 3.75. The molecular weight excluding hydrogens is 282 g/mol. The minimum absolute atomic E-state index is 0.0671. The summed E-state index contributed by atoms with van der Waals surface area (Å²) < 4.78 is 5.29. The van der Waals surface area contributed by atoms with E-state index in [4.69, 9.17) is 9.84 Å². The van der Waals surface area contributed by atoms with Crippen molar-refractivity contribution in [3.8, 4) is 0 Å². The zero-order chi connectivity index (χ0) is 17.0. The van der Waals surface area contributed by atoms with E-state index >= 15 is 0 Å². The van der Waals surface area contributed by atoms with E-state index in [-0.39, 0.29) is 6.42 Å². The molecule has 5 heteroatoms. The summed E-state index contributed by atoms with van der Waals surface area (Å²) in [5.74, 6) is -0.906. The third-order valence-electron chi connectivity index (χ3n) is 3.18. The number of carboxylic acids is 1. The molecule has 1 amide bonds. The maximum absolute atomic E-state index is 12.1. The van der Waals surface area contributed by atoms with Crippen molar-refractivity contribution in [2.24, 2.45) is 5.41 Å². The van der Waals surface area contributed by atoms with Crippen LogP contribution in [0.25, 0.3) is 0 Å². The lowest BCUT2D eigenvalue weighted by Gasteiger charge is -2.34. The highest BCUT2D eigenvalue weighted by atomic mass is 16.6. The molecule has 0 aliphatic rings. The van der Waals surface area contributed by atoms with E-state index in [1.807, 2.05) is 44.2 Å². The summed E-state index contributed by atoms with van der Waals surface area (Å²) in [4.78, 5) is 23.2. The van der Waals surface area contributed by atoms with Crippen LogP contribution >= 0.6 is 0 Å². The van der Waals surface area contributed by atoms with Crippen LogP contribution in [0.5, 0.6) is 0 Å². The largest absolute Gasteiger partial charge is 0.481 e. The van der Waals surface area contributed by atoms with Crippen molar-refractivity contribution in [2.45, 2.75) is 52.7 Å². The quantitative estimate of drug-likeness (QED) is 0.868. The summed E-state index contributed by atoms with van der Waals surface area (Å²) in [7, 11) is 0. The van der Waals surface area contributed by atoms with Gasteiger partial charge in [-0.15, -0.1) is 0 Å². The van der Waals surface area contributed by atoms with Crippen LogP contribution in [0.15, 0.2) is 30.3 Å². The van der Waals surface area contributed by atoms with Crippen molar-refractivity contribution in [3.05, 3.63) is 35.9 Å². The lowest BCUT2D eigenvalue weighted by molar-refractivity contribution is -0.139. The normalized spacial score (nSPS) is 13.3. The average molecular weight is 307 g/mol. The van der Waals surface area contributed by atoms with Crippen LogP contribution in [0, 0.1) is 5.41 Å². The number of aliphatic carboxylic acids is 1. The van der Waals surface area contributed by atoms with Gasteiger partial charge >= 0.3 is 12.1 Å². The van der Waals surface area contributed by atoms with Crippen LogP contribution < -0.4 is 5.32 Å². The molecule has 1 atom stereocenters. The van der Waals surface area contributed by atoms with E-state index < -0.39 is 29.1 Å². The van der Waals surface area contributed by atoms with Crippen LogP contribution in [0.1, 0.15) is 52.6 Å². The van der Waals surface area contributed by atoms with Gasteiger partial charge in [0.2, 0.25) is 0 Å². The van der Waals surface area contributed by atoms with Gasteiger partial charge in [-0.05, 0) is 31.7 Å². The molecular formula is C17H25NO4. The molecule has 0 spiro atoms. The number of hydrogen-bond acceptors (Lipinski definition) is 3. The molecule has 0 bridgehead atoms. The first-order chi connectivity index (χ1) is 10.0. The molecule has 0 radical (unpaired) electrons. The Morgan fingerprint density at radius 1 is 1.14 bits per heavy atom. The molecule has 1 aromatic carbocycles. The highest BCUT2D eigenvalue weighted by molar-refractivity contribution is 5.70. The summed E-state index contributed by atoms with van der Waals surface area (Å²) in [5, 5.41) is 11.9. The Kier molecular flexibility index (Phi) is 5.58. The molecule has 0 fully saturated rings. The molecule has 0 saturated carbocycles. The zero-order valence-corrected chi connectivity index (χ0v) is 13.8. The highest BCUT2D eigenvalue weighted by Crippen LogP contribution is 2.36. The molecule has 122 valence electrons. The van der Waals surface area contributed by atoms with Crippen molar-refractivity contribution >= 4 is 12.1 Å². The smallest absolute Gasteiger partial charge is 0.408 e. The number of hydrogen-bond donors (Lipinski definition) is 2. The minimum Gasteiger partial charge on any atom is -0.481 e. The third kappa shape index (κ3) is 5.76. The molecule has 0 aromatic heterocycles. The summed E-state index contributed by atoms with van der Waals surface area (Å²) in [5.41, 5.74) is -0.425. The van der Waals surface area contributed by atoms with E-state index in [2.05, 4.69) is 5.32 Å². The van der Waals surface area contributed by atoms with Gasteiger partial charge in [-0.3, -0.25) is 4.79 Å². The second-order valence-electron chi connectivity index (χ2n) is 7.05. The second kappa shape index (κ2) is 6.81. The lowest BCUT2D eigenvalue weighted by Crippen LogP contribution is -2.41. The fourth-order valence-electron chi connectivity index (χ4n) is 2.29. The number of alkyl carbamates (subject to hydrolysis) is 1. The fraction of sp³-hybridized carbons (Fsp3) is 0.529. The number of ether oxygens (including phenoxy) is 1. The average Bonchev–Trinajstić information content (AvgIpc) is 2.33. The lowest BCUT2D eigenvalue weighted by atomic mass is 9.78. The first kappa shape index (κ1) is 18.0. The third-order valence-corrected chi connectivity index (χ3v) is 3.18. The Bertz CT molecular complexity index is 517. The molecule has 22 heavy (non-hydrogen) atoms. The Labute approximate surface area is 131 Å². The molecule has 0 heterocycles. The predicted molar refractivity (Wildman–Crippen MR) is 84.6 cm³/mol. The Hall–Kier alpha value is -2.04. The van der Waals surface area contributed by atoms with Crippen molar-refractivity contribution in [2.75, 3.05) is 0 Å². The van der Waals surface area contributed by atoms with Gasteiger partial charge < -0.3 is 15.2 Å². The number of carbonyl (C=O) groups is 2. The van der Waals surface area contributed by atoms with Gasteiger partial charge in [0.15, 0.2) is 0 Å². The SMILES string of the molecule is CC(C)(C)OC(=O)NC(c1ccccc1)C(C)(C)CC(=O)O. The Morgan fingerprint density at radius 2 is 1.68 bits per heavy atom. The van der Waals surface area contributed by atoms with Gasteiger partial charge in [0, 0.05) is 0 Å². The minimum atomic E-state index is -0.906. The van der Waals surface area contributed by atoms with Crippen LogP contribution in [0.4, 0.5) is 4.79 Å². The molecule has 2 N–H and O–H groups in total. The molecule has 0 saturated heterocycles.